The van der Waals surface area contributed by atoms with Crippen LogP contribution >= 0.6 is 11.6 Å². The number of aromatic amines is 1. The topological polar surface area (TPSA) is 108 Å². The number of halogens is 1. The highest BCUT2D eigenvalue weighted by molar-refractivity contribution is 6.31. The summed E-state index contributed by atoms with van der Waals surface area (Å²) < 4.78 is 0.948. The molecule has 0 aliphatic heterocycles. The standard InChI is InChI=1S/C17H10ClN3O4/c18-8-1-6-11-12(7-8)19-14-13(15(11)23)16(24)20-21(17(14)25)9-2-4-10(22)5-3-9/h1-7,22H,(H,19,23)(H,20,24). The summed E-state index contributed by atoms with van der Waals surface area (Å²) in [5, 5.41) is 23.9. The molecule has 0 fully saturated rings. The number of rotatable bonds is 1. The minimum atomic E-state index is -0.613. The highest BCUT2D eigenvalue weighted by Gasteiger charge is 2.17. The Morgan fingerprint density at radius 1 is 1.04 bits per heavy atom. The Hall–Kier alpha value is -3.32. The first-order valence-corrected chi connectivity index (χ1v) is 7.60. The smallest absolute Gasteiger partial charge is 0.296 e. The van der Waals surface area contributed by atoms with Crippen LogP contribution in [0.3, 0.4) is 0 Å². The molecule has 0 radical (unpaired) electrons. The van der Waals surface area contributed by atoms with Crippen molar-refractivity contribution in [3.8, 4) is 17.3 Å². The Labute approximate surface area is 144 Å². The van der Waals surface area contributed by atoms with Gasteiger partial charge in [-0.15, -0.1) is 5.10 Å². The number of aromatic hydroxyl groups is 2. The molecule has 0 atom stereocenters. The van der Waals surface area contributed by atoms with Crippen LogP contribution in [0, 0.1) is 0 Å². The Morgan fingerprint density at radius 3 is 2.48 bits per heavy atom. The van der Waals surface area contributed by atoms with Gasteiger partial charge >= 0.3 is 0 Å². The van der Waals surface area contributed by atoms with Gasteiger partial charge in [-0.2, -0.15) is 4.68 Å². The van der Waals surface area contributed by atoms with Gasteiger partial charge in [0.2, 0.25) is 11.3 Å². The lowest BCUT2D eigenvalue weighted by Crippen LogP contribution is -2.24. The van der Waals surface area contributed by atoms with E-state index in [1.807, 2.05) is 0 Å². The van der Waals surface area contributed by atoms with Crippen LogP contribution in [-0.4, -0.2) is 25.0 Å². The van der Waals surface area contributed by atoms with Crippen molar-refractivity contribution in [1.82, 2.24) is 14.8 Å². The lowest BCUT2D eigenvalue weighted by Gasteiger charge is -2.09. The highest BCUT2D eigenvalue weighted by atomic mass is 35.5. The fourth-order valence-corrected chi connectivity index (χ4v) is 2.87. The van der Waals surface area contributed by atoms with Crippen molar-refractivity contribution in [2.45, 2.75) is 0 Å². The Morgan fingerprint density at radius 2 is 1.76 bits per heavy atom. The molecule has 2 heterocycles. The Kier molecular flexibility index (Phi) is 3.26. The summed E-state index contributed by atoms with van der Waals surface area (Å²) in [4.78, 5) is 28.2. The zero-order valence-electron chi connectivity index (χ0n) is 12.5. The van der Waals surface area contributed by atoms with E-state index >= 15 is 0 Å². The van der Waals surface area contributed by atoms with Crippen LogP contribution in [0.25, 0.3) is 27.5 Å². The van der Waals surface area contributed by atoms with E-state index < -0.39 is 16.9 Å². The van der Waals surface area contributed by atoms with Gasteiger partial charge in [-0.1, -0.05) is 11.6 Å². The summed E-state index contributed by atoms with van der Waals surface area (Å²) in [6.45, 7) is 0. The van der Waals surface area contributed by atoms with Crippen molar-refractivity contribution < 1.29 is 10.2 Å². The monoisotopic (exact) mass is 355 g/mol. The number of benzene rings is 2. The number of aromatic nitrogens is 3. The van der Waals surface area contributed by atoms with Crippen molar-refractivity contribution in [2.75, 3.05) is 0 Å². The number of hydrogen-bond acceptors (Lipinski definition) is 5. The molecule has 0 saturated carbocycles. The second kappa shape index (κ2) is 5.35. The molecule has 0 spiro atoms. The average molecular weight is 356 g/mol. The molecule has 2 aromatic carbocycles. The van der Waals surface area contributed by atoms with Crippen LogP contribution in [0.5, 0.6) is 11.6 Å². The third-order valence-corrected chi connectivity index (χ3v) is 4.12. The molecule has 4 aromatic rings. The van der Waals surface area contributed by atoms with Crippen LogP contribution in [0.1, 0.15) is 0 Å². The van der Waals surface area contributed by atoms with E-state index in [0.717, 1.165) is 4.68 Å². The van der Waals surface area contributed by atoms with Gasteiger partial charge in [0.25, 0.3) is 5.56 Å². The summed E-state index contributed by atoms with van der Waals surface area (Å²) in [5.41, 5.74) is -0.504. The summed E-state index contributed by atoms with van der Waals surface area (Å²) in [6.07, 6.45) is 0. The van der Waals surface area contributed by atoms with Gasteiger partial charge in [-0.05, 0) is 42.5 Å². The van der Waals surface area contributed by atoms with Gasteiger partial charge in [-0.25, -0.2) is 0 Å². The molecule has 8 heteroatoms. The van der Waals surface area contributed by atoms with E-state index in [2.05, 4.69) is 10.1 Å². The number of phenols is 1. The van der Waals surface area contributed by atoms with Crippen molar-refractivity contribution in [3.63, 3.8) is 0 Å². The maximum atomic E-state index is 12.8. The number of nitrogens with one attached hydrogen (secondary N) is 1. The SMILES string of the molecule is O=c1c2ccc(Cl)cc2[nH]c2c(=O)n(-c3ccc(O)cc3)nc(O)c12. The largest absolute Gasteiger partial charge is 0.508 e. The molecule has 2 aromatic heterocycles. The van der Waals surface area contributed by atoms with E-state index in [0.29, 0.717) is 16.2 Å². The fourth-order valence-electron chi connectivity index (χ4n) is 2.70. The van der Waals surface area contributed by atoms with Crippen LogP contribution in [0.2, 0.25) is 5.02 Å². The molecule has 25 heavy (non-hydrogen) atoms. The van der Waals surface area contributed by atoms with Gasteiger partial charge < -0.3 is 15.2 Å². The van der Waals surface area contributed by atoms with Crippen molar-refractivity contribution >= 4 is 33.4 Å². The molecule has 0 saturated heterocycles. The van der Waals surface area contributed by atoms with Crippen molar-refractivity contribution in [2.24, 2.45) is 0 Å². The minimum absolute atomic E-state index is 0.0239. The maximum Gasteiger partial charge on any atom is 0.296 e. The van der Waals surface area contributed by atoms with Crippen molar-refractivity contribution in [3.05, 3.63) is 68.1 Å². The van der Waals surface area contributed by atoms with Gasteiger partial charge in [-0.3, -0.25) is 9.59 Å². The van der Waals surface area contributed by atoms with Gasteiger partial charge in [0, 0.05) is 10.4 Å². The molecule has 7 nitrogen and oxygen atoms in total. The van der Waals surface area contributed by atoms with E-state index in [4.69, 9.17) is 11.6 Å². The van der Waals surface area contributed by atoms with Crippen molar-refractivity contribution in [1.29, 1.82) is 0 Å². The van der Waals surface area contributed by atoms with Crippen LogP contribution in [-0.2, 0) is 0 Å². The lowest BCUT2D eigenvalue weighted by atomic mass is 10.1. The highest BCUT2D eigenvalue weighted by Crippen LogP contribution is 2.21. The first-order valence-electron chi connectivity index (χ1n) is 7.22. The molecule has 0 bridgehead atoms. The first kappa shape index (κ1) is 15.2. The number of H-pyrrole nitrogens is 1. The third-order valence-electron chi connectivity index (χ3n) is 3.88. The minimum Gasteiger partial charge on any atom is -0.508 e. The number of fused-ring (bicyclic) bond motifs is 2. The quantitative estimate of drug-likeness (QED) is 0.454. The molecule has 4 rings (SSSR count). The van der Waals surface area contributed by atoms with Crippen LogP contribution in [0.15, 0.2) is 52.1 Å². The van der Waals surface area contributed by atoms with Gasteiger partial charge in [0.05, 0.1) is 11.2 Å². The molecule has 0 aliphatic rings. The summed E-state index contributed by atoms with van der Waals surface area (Å²) in [6, 6.07) is 10.3. The van der Waals surface area contributed by atoms with E-state index in [9.17, 15) is 19.8 Å². The zero-order chi connectivity index (χ0) is 17.7. The molecule has 0 unspecified atom stereocenters. The van der Waals surface area contributed by atoms with Gasteiger partial charge in [0.1, 0.15) is 16.7 Å². The molecular formula is C17H10ClN3O4. The van der Waals surface area contributed by atoms with Gasteiger partial charge in [0.15, 0.2) is 0 Å². The van der Waals surface area contributed by atoms with E-state index in [1.54, 1.807) is 6.07 Å². The average Bonchev–Trinajstić information content (AvgIpc) is 2.58. The molecule has 0 aliphatic carbocycles. The Balaban J connectivity index is 2.15. The zero-order valence-corrected chi connectivity index (χ0v) is 13.3. The second-order valence-electron chi connectivity index (χ2n) is 5.45. The lowest BCUT2D eigenvalue weighted by molar-refractivity contribution is 0.444. The number of pyridine rings is 1. The summed E-state index contributed by atoms with van der Waals surface area (Å²) in [5.74, 6) is -0.545. The predicted octanol–water partition coefficient (Wildman–Crippen LogP) is 2.29. The molecular weight excluding hydrogens is 346 g/mol. The van der Waals surface area contributed by atoms with Crippen LogP contribution in [0.4, 0.5) is 0 Å². The van der Waals surface area contributed by atoms with Crippen LogP contribution < -0.4 is 11.0 Å². The maximum absolute atomic E-state index is 12.8. The first-order chi connectivity index (χ1) is 12.0. The second-order valence-corrected chi connectivity index (χ2v) is 5.89. The number of hydrogen-bond donors (Lipinski definition) is 3. The Bertz CT molecular complexity index is 1260. The number of nitrogens with zero attached hydrogens (tertiary/aromatic N) is 2. The molecule has 3 N–H and O–H groups in total. The normalized spacial score (nSPS) is 11.2. The van der Waals surface area contributed by atoms with E-state index in [1.165, 1.54) is 36.4 Å². The molecule has 124 valence electrons. The fraction of sp³-hybridized carbons (Fsp3) is 0. The number of phenolic OH excluding ortho intramolecular Hbond substituents is 1. The van der Waals surface area contributed by atoms with E-state index in [-0.39, 0.29) is 22.0 Å². The third kappa shape index (κ3) is 2.33. The molecule has 0 amide bonds. The summed E-state index contributed by atoms with van der Waals surface area (Å²) in [7, 11) is 0. The predicted molar refractivity (Wildman–Crippen MR) is 93.8 cm³/mol. The summed E-state index contributed by atoms with van der Waals surface area (Å²) >= 11 is 5.94.